The van der Waals surface area contributed by atoms with E-state index in [0.717, 1.165) is 24.4 Å². The van der Waals surface area contributed by atoms with Crippen molar-refractivity contribution in [1.29, 1.82) is 0 Å². The first-order valence-corrected chi connectivity index (χ1v) is 7.52. The molecule has 1 saturated heterocycles. The van der Waals surface area contributed by atoms with Crippen LogP contribution in [0.5, 0.6) is 0 Å². The first kappa shape index (κ1) is 13.6. The van der Waals surface area contributed by atoms with Crippen LogP contribution >= 0.6 is 0 Å². The number of rotatable bonds is 5. The number of nitrogens with zero attached hydrogens (tertiary/aromatic N) is 3. The molecular weight excluding hydrogens is 248 g/mol. The molecule has 3 heterocycles. The third kappa shape index (κ3) is 3.19. The van der Waals surface area contributed by atoms with Crippen LogP contribution in [0.25, 0.3) is 5.65 Å². The largest absolute Gasteiger partial charge is 0.307 e. The van der Waals surface area contributed by atoms with Crippen LogP contribution in [0.2, 0.25) is 0 Å². The SMILES string of the molecule is CC(C)(CN1CCCC1)NCc1cn2ccccc2n1. The maximum absolute atomic E-state index is 4.63. The van der Waals surface area contributed by atoms with Crippen molar-refractivity contribution in [3.63, 3.8) is 0 Å². The van der Waals surface area contributed by atoms with E-state index in [2.05, 4.69) is 39.6 Å². The van der Waals surface area contributed by atoms with E-state index in [1.54, 1.807) is 0 Å². The Bertz CT molecular complexity index is 534. The average molecular weight is 272 g/mol. The van der Waals surface area contributed by atoms with Crippen molar-refractivity contribution in [3.05, 3.63) is 36.3 Å². The van der Waals surface area contributed by atoms with Crippen molar-refractivity contribution in [1.82, 2.24) is 19.6 Å². The first-order valence-electron chi connectivity index (χ1n) is 7.52. The number of hydrogen-bond donors (Lipinski definition) is 1. The van der Waals surface area contributed by atoms with Gasteiger partial charge in [0.25, 0.3) is 0 Å². The van der Waals surface area contributed by atoms with Crippen molar-refractivity contribution in [2.24, 2.45) is 0 Å². The molecule has 1 fully saturated rings. The molecule has 0 saturated carbocycles. The molecule has 1 aliphatic heterocycles. The molecule has 20 heavy (non-hydrogen) atoms. The van der Waals surface area contributed by atoms with Gasteiger partial charge in [-0.05, 0) is 51.9 Å². The van der Waals surface area contributed by atoms with Gasteiger partial charge in [0.15, 0.2) is 0 Å². The molecule has 0 spiro atoms. The zero-order valence-electron chi connectivity index (χ0n) is 12.5. The van der Waals surface area contributed by atoms with E-state index in [1.807, 2.05) is 24.4 Å². The Morgan fingerprint density at radius 2 is 2.05 bits per heavy atom. The topological polar surface area (TPSA) is 32.6 Å². The van der Waals surface area contributed by atoms with E-state index in [0.29, 0.717) is 0 Å². The summed E-state index contributed by atoms with van der Waals surface area (Å²) in [6, 6.07) is 6.10. The van der Waals surface area contributed by atoms with Crippen molar-refractivity contribution < 1.29 is 0 Å². The Kier molecular flexibility index (Phi) is 3.76. The van der Waals surface area contributed by atoms with Gasteiger partial charge >= 0.3 is 0 Å². The second kappa shape index (κ2) is 5.54. The normalized spacial score (nSPS) is 17.1. The van der Waals surface area contributed by atoms with Crippen molar-refractivity contribution >= 4 is 5.65 Å². The van der Waals surface area contributed by atoms with E-state index in [4.69, 9.17) is 0 Å². The highest BCUT2D eigenvalue weighted by Gasteiger charge is 2.23. The van der Waals surface area contributed by atoms with E-state index in [-0.39, 0.29) is 5.54 Å². The van der Waals surface area contributed by atoms with E-state index >= 15 is 0 Å². The molecule has 0 aromatic carbocycles. The lowest BCUT2D eigenvalue weighted by molar-refractivity contribution is 0.233. The van der Waals surface area contributed by atoms with Gasteiger partial charge in [0.1, 0.15) is 5.65 Å². The molecule has 1 aliphatic rings. The molecule has 0 radical (unpaired) electrons. The Balaban J connectivity index is 1.59. The van der Waals surface area contributed by atoms with Gasteiger partial charge in [0.05, 0.1) is 5.69 Å². The number of fused-ring (bicyclic) bond motifs is 1. The summed E-state index contributed by atoms with van der Waals surface area (Å²) in [5, 5.41) is 3.65. The summed E-state index contributed by atoms with van der Waals surface area (Å²) >= 11 is 0. The van der Waals surface area contributed by atoms with Crippen LogP contribution < -0.4 is 5.32 Å². The fourth-order valence-electron chi connectivity index (χ4n) is 2.96. The lowest BCUT2D eigenvalue weighted by atomic mass is 10.1. The van der Waals surface area contributed by atoms with Gasteiger partial charge in [0, 0.05) is 31.0 Å². The summed E-state index contributed by atoms with van der Waals surface area (Å²) in [5.74, 6) is 0. The Hall–Kier alpha value is -1.39. The van der Waals surface area contributed by atoms with Crippen LogP contribution in [0.4, 0.5) is 0 Å². The molecule has 4 nitrogen and oxygen atoms in total. The Morgan fingerprint density at radius 1 is 1.25 bits per heavy atom. The molecule has 0 unspecified atom stereocenters. The number of aromatic nitrogens is 2. The molecule has 0 aliphatic carbocycles. The van der Waals surface area contributed by atoms with Crippen LogP contribution in [0, 0.1) is 0 Å². The van der Waals surface area contributed by atoms with Crippen molar-refractivity contribution in [2.75, 3.05) is 19.6 Å². The molecule has 0 amide bonds. The molecule has 2 aromatic heterocycles. The lowest BCUT2D eigenvalue weighted by Crippen LogP contribution is -2.48. The van der Waals surface area contributed by atoms with Gasteiger partial charge in [-0.1, -0.05) is 6.07 Å². The quantitative estimate of drug-likeness (QED) is 0.906. The monoisotopic (exact) mass is 272 g/mol. The second-order valence-electron chi connectivity index (χ2n) is 6.42. The van der Waals surface area contributed by atoms with E-state index < -0.39 is 0 Å². The summed E-state index contributed by atoms with van der Waals surface area (Å²) in [5.41, 5.74) is 2.24. The minimum Gasteiger partial charge on any atom is -0.307 e. The van der Waals surface area contributed by atoms with Crippen LogP contribution in [0.1, 0.15) is 32.4 Å². The molecule has 2 aromatic rings. The van der Waals surface area contributed by atoms with Crippen LogP contribution in [0.3, 0.4) is 0 Å². The highest BCUT2D eigenvalue weighted by molar-refractivity contribution is 5.39. The third-order valence-electron chi connectivity index (χ3n) is 3.98. The lowest BCUT2D eigenvalue weighted by Gasteiger charge is -2.31. The van der Waals surface area contributed by atoms with Crippen molar-refractivity contribution in [2.45, 2.75) is 38.8 Å². The van der Waals surface area contributed by atoms with Crippen molar-refractivity contribution in [3.8, 4) is 0 Å². The first-order chi connectivity index (χ1) is 9.62. The predicted molar refractivity (Wildman–Crippen MR) is 81.8 cm³/mol. The summed E-state index contributed by atoms with van der Waals surface area (Å²) in [7, 11) is 0. The zero-order chi connectivity index (χ0) is 14.0. The number of pyridine rings is 1. The van der Waals surface area contributed by atoms with Gasteiger partial charge in [-0.3, -0.25) is 0 Å². The predicted octanol–water partition coefficient (Wildman–Crippen LogP) is 2.30. The standard InChI is InChI=1S/C16H24N4/c1-16(2,13-19-8-5-6-9-19)17-11-14-12-20-10-4-3-7-15(20)18-14/h3-4,7,10,12,17H,5-6,8-9,11,13H2,1-2H3. The molecule has 3 rings (SSSR count). The van der Waals surface area contributed by atoms with E-state index in [9.17, 15) is 0 Å². The second-order valence-corrected chi connectivity index (χ2v) is 6.42. The Labute approximate surface area is 120 Å². The Morgan fingerprint density at radius 3 is 2.80 bits per heavy atom. The minimum atomic E-state index is 0.125. The fraction of sp³-hybridized carbons (Fsp3) is 0.562. The molecule has 0 bridgehead atoms. The van der Waals surface area contributed by atoms with Gasteiger partial charge < -0.3 is 14.6 Å². The minimum absolute atomic E-state index is 0.125. The molecular formula is C16H24N4. The van der Waals surface area contributed by atoms with Gasteiger partial charge in [0.2, 0.25) is 0 Å². The number of likely N-dealkylation sites (tertiary alicyclic amines) is 1. The summed E-state index contributed by atoms with van der Waals surface area (Å²) in [4.78, 5) is 7.19. The third-order valence-corrected chi connectivity index (χ3v) is 3.98. The molecule has 1 N–H and O–H groups in total. The summed E-state index contributed by atoms with van der Waals surface area (Å²) in [6.45, 7) is 8.99. The summed E-state index contributed by atoms with van der Waals surface area (Å²) in [6.07, 6.45) is 6.85. The van der Waals surface area contributed by atoms with E-state index in [1.165, 1.54) is 25.9 Å². The van der Waals surface area contributed by atoms with Gasteiger partial charge in [-0.15, -0.1) is 0 Å². The maximum Gasteiger partial charge on any atom is 0.137 e. The molecule has 0 atom stereocenters. The average Bonchev–Trinajstić information content (AvgIpc) is 3.04. The number of imidazole rings is 1. The van der Waals surface area contributed by atoms with Crippen LogP contribution in [0.15, 0.2) is 30.6 Å². The molecule has 108 valence electrons. The summed E-state index contributed by atoms with van der Waals surface area (Å²) < 4.78 is 2.07. The van der Waals surface area contributed by atoms with Crippen LogP contribution in [-0.2, 0) is 6.54 Å². The zero-order valence-corrected chi connectivity index (χ0v) is 12.5. The highest BCUT2D eigenvalue weighted by Crippen LogP contribution is 2.14. The molecule has 4 heteroatoms. The van der Waals surface area contributed by atoms with Gasteiger partial charge in [-0.2, -0.15) is 0 Å². The fourth-order valence-corrected chi connectivity index (χ4v) is 2.96. The van der Waals surface area contributed by atoms with Gasteiger partial charge in [-0.25, -0.2) is 4.98 Å². The number of nitrogens with one attached hydrogen (secondary N) is 1. The smallest absolute Gasteiger partial charge is 0.137 e. The number of hydrogen-bond acceptors (Lipinski definition) is 3. The highest BCUT2D eigenvalue weighted by atomic mass is 15.2. The maximum atomic E-state index is 4.63. The van der Waals surface area contributed by atoms with Crippen LogP contribution in [-0.4, -0.2) is 39.5 Å².